The molecule has 1 heterocycles. The molecule has 1 aliphatic carbocycles. The average molecular weight is 474 g/mol. The first-order valence-corrected chi connectivity index (χ1v) is 11.9. The quantitative estimate of drug-likeness (QED) is 0.469. The number of fused-ring (bicyclic) bond motifs is 1. The van der Waals surface area contributed by atoms with Crippen LogP contribution in [-0.4, -0.2) is 40.1 Å². The van der Waals surface area contributed by atoms with Crippen LogP contribution in [0.3, 0.4) is 0 Å². The molecule has 0 atom stereocenters. The Morgan fingerprint density at radius 3 is 2.55 bits per heavy atom. The zero-order valence-corrected chi connectivity index (χ0v) is 18.9. The standard InChI is InChI=1S/C23H23NO8S/c1-3-30-23(26)21-17(16-6-4-5-7-18(16)32-21)13-31-22(25)14-8-11-19(29-2)20(12-14)33(27,28)24-15-9-10-15/h4-8,11-12,15,24H,3,9-10,13H2,1-2H3. The molecule has 0 unspecified atom stereocenters. The molecule has 1 aromatic heterocycles. The first kappa shape index (κ1) is 22.8. The molecule has 174 valence electrons. The minimum atomic E-state index is -3.87. The van der Waals surface area contributed by atoms with Crippen LogP contribution in [0.2, 0.25) is 0 Å². The van der Waals surface area contributed by atoms with E-state index in [2.05, 4.69) is 4.72 Å². The lowest BCUT2D eigenvalue weighted by molar-refractivity contribution is 0.0435. The van der Waals surface area contributed by atoms with E-state index in [1.54, 1.807) is 31.2 Å². The SMILES string of the molecule is CCOC(=O)c1oc2ccccc2c1COC(=O)c1ccc(OC)c(S(=O)(=O)NC2CC2)c1. The normalized spacial score (nSPS) is 13.6. The Bertz CT molecular complexity index is 1310. The van der Waals surface area contributed by atoms with Crippen LogP contribution < -0.4 is 9.46 Å². The van der Waals surface area contributed by atoms with Gasteiger partial charge in [-0.2, -0.15) is 0 Å². The number of hydrogen-bond acceptors (Lipinski definition) is 8. The number of furan rings is 1. The number of hydrogen-bond donors (Lipinski definition) is 1. The highest BCUT2D eigenvalue weighted by molar-refractivity contribution is 7.89. The molecule has 33 heavy (non-hydrogen) atoms. The molecule has 9 nitrogen and oxygen atoms in total. The Kier molecular flexibility index (Phi) is 6.39. The molecule has 1 fully saturated rings. The van der Waals surface area contributed by atoms with Gasteiger partial charge in [0.15, 0.2) is 0 Å². The van der Waals surface area contributed by atoms with Crippen molar-refractivity contribution in [3.05, 3.63) is 59.4 Å². The minimum absolute atomic E-state index is 0.0254. The monoisotopic (exact) mass is 473 g/mol. The smallest absolute Gasteiger partial charge is 0.374 e. The fourth-order valence-electron chi connectivity index (χ4n) is 3.32. The van der Waals surface area contributed by atoms with Crippen molar-refractivity contribution in [2.75, 3.05) is 13.7 Å². The summed E-state index contributed by atoms with van der Waals surface area (Å²) in [6.45, 7) is 1.57. The maximum Gasteiger partial charge on any atom is 0.374 e. The highest BCUT2D eigenvalue weighted by Gasteiger charge is 2.30. The summed E-state index contributed by atoms with van der Waals surface area (Å²) >= 11 is 0. The minimum Gasteiger partial charge on any atom is -0.495 e. The number of carbonyl (C=O) groups is 2. The predicted molar refractivity (Wildman–Crippen MR) is 118 cm³/mol. The summed E-state index contributed by atoms with van der Waals surface area (Å²) in [6.07, 6.45) is 1.54. The summed E-state index contributed by atoms with van der Waals surface area (Å²) in [6, 6.07) is 10.9. The van der Waals surface area contributed by atoms with E-state index in [1.165, 1.54) is 25.3 Å². The van der Waals surface area contributed by atoms with Gasteiger partial charge in [-0.15, -0.1) is 0 Å². The number of ether oxygens (including phenoxy) is 3. The summed E-state index contributed by atoms with van der Waals surface area (Å²) in [5.74, 6) is -1.35. The molecule has 0 spiro atoms. The second-order valence-electron chi connectivity index (χ2n) is 7.46. The van der Waals surface area contributed by atoms with Crippen molar-refractivity contribution < 1.29 is 36.6 Å². The van der Waals surface area contributed by atoms with Gasteiger partial charge in [-0.3, -0.25) is 0 Å². The van der Waals surface area contributed by atoms with Crippen molar-refractivity contribution in [2.24, 2.45) is 0 Å². The van der Waals surface area contributed by atoms with Crippen molar-refractivity contribution in [1.82, 2.24) is 4.72 Å². The number of nitrogens with one attached hydrogen (secondary N) is 1. The summed E-state index contributed by atoms with van der Waals surface area (Å²) in [4.78, 5) is 24.9. The van der Waals surface area contributed by atoms with E-state index in [0.29, 0.717) is 16.5 Å². The molecule has 0 bridgehead atoms. The number of rotatable bonds is 9. The molecule has 0 saturated heterocycles. The molecule has 3 aromatic rings. The van der Waals surface area contributed by atoms with Crippen molar-refractivity contribution in [3.63, 3.8) is 0 Å². The highest BCUT2D eigenvalue weighted by Crippen LogP contribution is 2.30. The van der Waals surface area contributed by atoms with Gasteiger partial charge >= 0.3 is 11.9 Å². The maximum absolute atomic E-state index is 12.8. The Labute approximate surface area is 190 Å². The van der Waals surface area contributed by atoms with Crippen LogP contribution in [-0.2, 0) is 26.1 Å². The van der Waals surface area contributed by atoms with E-state index in [9.17, 15) is 18.0 Å². The van der Waals surface area contributed by atoms with Crippen molar-refractivity contribution >= 4 is 32.9 Å². The van der Waals surface area contributed by atoms with E-state index in [4.69, 9.17) is 18.6 Å². The Morgan fingerprint density at radius 2 is 1.85 bits per heavy atom. The van der Waals surface area contributed by atoms with E-state index >= 15 is 0 Å². The average Bonchev–Trinajstić information content (AvgIpc) is 3.53. The number of methoxy groups -OCH3 is 1. The lowest BCUT2D eigenvalue weighted by Crippen LogP contribution is -2.26. The van der Waals surface area contributed by atoms with Gasteiger partial charge in [0.1, 0.15) is 22.8 Å². The van der Waals surface area contributed by atoms with Crippen molar-refractivity contribution in [2.45, 2.75) is 37.3 Å². The molecule has 0 amide bonds. The third-order valence-electron chi connectivity index (χ3n) is 5.09. The lowest BCUT2D eigenvalue weighted by Gasteiger charge is -2.12. The topological polar surface area (TPSA) is 121 Å². The van der Waals surface area contributed by atoms with Gasteiger partial charge < -0.3 is 18.6 Å². The number of sulfonamides is 1. The van der Waals surface area contributed by atoms with Gasteiger partial charge in [-0.25, -0.2) is 22.7 Å². The van der Waals surface area contributed by atoms with Crippen LogP contribution in [0.25, 0.3) is 11.0 Å². The fraction of sp³-hybridized carbons (Fsp3) is 0.304. The van der Waals surface area contributed by atoms with Gasteiger partial charge in [0, 0.05) is 11.4 Å². The summed E-state index contributed by atoms with van der Waals surface area (Å²) in [7, 11) is -2.51. The zero-order chi connectivity index (χ0) is 23.6. The number of benzene rings is 2. The fourth-order valence-corrected chi connectivity index (χ4v) is 4.82. The largest absolute Gasteiger partial charge is 0.495 e. The Balaban J connectivity index is 1.60. The highest BCUT2D eigenvalue weighted by atomic mass is 32.2. The summed E-state index contributed by atoms with van der Waals surface area (Å²) in [5, 5.41) is 0.611. The van der Waals surface area contributed by atoms with Crippen LogP contribution in [0.15, 0.2) is 51.8 Å². The van der Waals surface area contributed by atoms with Gasteiger partial charge in [0.2, 0.25) is 15.8 Å². The molecular formula is C23H23NO8S. The molecule has 1 saturated carbocycles. The Hall–Kier alpha value is -3.37. The summed E-state index contributed by atoms with van der Waals surface area (Å²) in [5.41, 5.74) is 0.849. The molecule has 1 aliphatic rings. The summed E-state index contributed by atoms with van der Waals surface area (Å²) < 4.78 is 49.2. The Morgan fingerprint density at radius 1 is 1.09 bits per heavy atom. The molecular weight excluding hydrogens is 450 g/mol. The zero-order valence-electron chi connectivity index (χ0n) is 18.1. The molecule has 2 aromatic carbocycles. The van der Waals surface area contributed by atoms with Crippen LogP contribution in [0.5, 0.6) is 5.75 Å². The lowest BCUT2D eigenvalue weighted by atomic mass is 10.1. The third-order valence-corrected chi connectivity index (χ3v) is 6.64. The predicted octanol–water partition coefficient (Wildman–Crippen LogP) is 3.42. The molecule has 0 radical (unpaired) electrons. The van der Waals surface area contributed by atoms with E-state index in [0.717, 1.165) is 12.8 Å². The molecule has 10 heteroatoms. The van der Waals surface area contributed by atoms with Crippen molar-refractivity contribution in [3.8, 4) is 5.75 Å². The van der Waals surface area contributed by atoms with Gasteiger partial charge in [-0.1, -0.05) is 18.2 Å². The first-order valence-electron chi connectivity index (χ1n) is 10.4. The maximum atomic E-state index is 12.8. The first-order chi connectivity index (χ1) is 15.8. The van der Waals surface area contributed by atoms with Gasteiger partial charge in [0.25, 0.3) is 0 Å². The molecule has 1 N–H and O–H groups in total. The number of para-hydroxylation sites is 1. The molecule has 0 aliphatic heterocycles. The number of carbonyl (C=O) groups excluding carboxylic acids is 2. The number of esters is 2. The molecule has 4 rings (SSSR count). The van der Waals surface area contributed by atoms with E-state index in [-0.39, 0.29) is 41.2 Å². The van der Waals surface area contributed by atoms with Crippen LogP contribution in [0.4, 0.5) is 0 Å². The third kappa shape index (κ3) is 4.86. The van der Waals surface area contributed by atoms with Crippen LogP contribution in [0, 0.1) is 0 Å². The van der Waals surface area contributed by atoms with Crippen LogP contribution >= 0.6 is 0 Å². The van der Waals surface area contributed by atoms with Gasteiger partial charge in [0.05, 0.1) is 24.8 Å². The second-order valence-corrected chi connectivity index (χ2v) is 9.15. The van der Waals surface area contributed by atoms with Crippen molar-refractivity contribution in [1.29, 1.82) is 0 Å². The second kappa shape index (κ2) is 9.24. The van der Waals surface area contributed by atoms with Gasteiger partial charge in [-0.05, 0) is 44.0 Å². The van der Waals surface area contributed by atoms with E-state index < -0.39 is 22.0 Å². The van der Waals surface area contributed by atoms with Crippen LogP contribution in [0.1, 0.15) is 46.2 Å². The van der Waals surface area contributed by atoms with E-state index in [1.807, 2.05) is 0 Å².